The molecule has 0 saturated heterocycles. The van der Waals surface area contributed by atoms with Gasteiger partial charge in [0.1, 0.15) is 0 Å². The number of aryl methyl sites for hydroxylation is 1. The molecule has 28 heavy (non-hydrogen) atoms. The molecule has 0 nitrogen and oxygen atoms in total. The molecule has 2 aliphatic carbocycles. The van der Waals surface area contributed by atoms with Crippen molar-refractivity contribution in [3.05, 3.63) is 35.4 Å². The van der Waals surface area contributed by atoms with Gasteiger partial charge in [0, 0.05) is 0 Å². The summed E-state index contributed by atoms with van der Waals surface area (Å²) in [5.74, 6) is 4.88. The molecule has 1 aromatic rings. The summed E-state index contributed by atoms with van der Waals surface area (Å²) in [4.78, 5) is 0. The van der Waals surface area contributed by atoms with Crippen LogP contribution in [0, 0.1) is 23.7 Å². The van der Waals surface area contributed by atoms with Gasteiger partial charge in [-0.15, -0.1) is 0 Å². The van der Waals surface area contributed by atoms with Crippen LogP contribution < -0.4 is 0 Å². The Kier molecular flexibility index (Phi) is 8.94. The maximum absolute atomic E-state index is 2.58. The zero-order valence-corrected chi connectivity index (χ0v) is 19.1. The average molecular weight is 383 g/mol. The van der Waals surface area contributed by atoms with Gasteiger partial charge in [-0.2, -0.15) is 0 Å². The van der Waals surface area contributed by atoms with E-state index in [4.69, 9.17) is 0 Å². The van der Waals surface area contributed by atoms with Gasteiger partial charge in [0.05, 0.1) is 0 Å². The van der Waals surface area contributed by atoms with E-state index >= 15 is 0 Å². The Balaban J connectivity index is 1.38. The Labute approximate surface area is 175 Å². The third kappa shape index (κ3) is 6.36. The van der Waals surface area contributed by atoms with Crippen LogP contribution in [0.25, 0.3) is 0 Å². The highest BCUT2D eigenvalue weighted by Gasteiger charge is 2.29. The summed E-state index contributed by atoms with van der Waals surface area (Å²) >= 11 is 0. The summed E-state index contributed by atoms with van der Waals surface area (Å²) in [6.07, 6.45) is 20.2. The average Bonchev–Trinajstić information content (AvgIpc) is 2.74. The third-order valence-corrected chi connectivity index (χ3v) is 8.20. The topological polar surface area (TPSA) is 0 Å². The largest absolute Gasteiger partial charge is 0.0654 e. The smallest absolute Gasteiger partial charge is 0.0162 e. The van der Waals surface area contributed by atoms with Gasteiger partial charge in [-0.25, -0.2) is 0 Å². The van der Waals surface area contributed by atoms with Gasteiger partial charge in [-0.05, 0) is 92.1 Å². The van der Waals surface area contributed by atoms with Gasteiger partial charge in [0.25, 0.3) is 0 Å². The van der Waals surface area contributed by atoms with Gasteiger partial charge in [-0.1, -0.05) is 83.6 Å². The minimum atomic E-state index is 0.830. The second kappa shape index (κ2) is 11.4. The van der Waals surface area contributed by atoms with Crippen molar-refractivity contribution in [3.63, 3.8) is 0 Å². The van der Waals surface area contributed by atoms with Crippen molar-refractivity contribution in [2.24, 2.45) is 23.7 Å². The van der Waals surface area contributed by atoms with Crippen LogP contribution in [-0.2, 0) is 6.42 Å². The number of rotatable bonds is 9. The van der Waals surface area contributed by atoms with Crippen molar-refractivity contribution in [2.45, 2.75) is 117 Å². The summed E-state index contributed by atoms with van der Waals surface area (Å²) in [7, 11) is 0. The zero-order chi connectivity index (χ0) is 19.8. The fraction of sp³-hybridized carbons (Fsp3) is 0.786. The van der Waals surface area contributed by atoms with Crippen molar-refractivity contribution in [3.8, 4) is 0 Å². The lowest BCUT2D eigenvalue weighted by Gasteiger charge is -2.36. The highest BCUT2D eigenvalue weighted by Crippen LogP contribution is 2.42. The molecule has 1 aromatic carbocycles. The van der Waals surface area contributed by atoms with Crippen LogP contribution in [0.3, 0.4) is 0 Å². The Bertz CT molecular complexity index is 526. The fourth-order valence-corrected chi connectivity index (χ4v) is 6.23. The molecular weight excluding hydrogens is 336 g/mol. The molecular formula is C28H46. The van der Waals surface area contributed by atoms with Crippen molar-refractivity contribution in [1.82, 2.24) is 0 Å². The molecule has 2 fully saturated rings. The predicted molar refractivity (Wildman–Crippen MR) is 124 cm³/mol. The van der Waals surface area contributed by atoms with Crippen molar-refractivity contribution in [2.75, 3.05) is 0 Å². The molecule has 0 aromatic heterocycles. The molecule has 1 unspecified atom stereocenters. The van der Waals surface area contributed by atoms with Crippen LogP contribution in [0.2, 0.25) is 0 Å². The SMILES string of the molecule is CCCCC1CCC(C(C)CC2CCC(c3ccc(CCC)cc3)CC2)CC1. The Hall–Kier alpha value is -0.780. The second-order valence-electron chi connectivity index (χ2n) is 10.3. The van der Waals surface area contributed by atoms with Gasteiger partial charge in [0.15, 0.2) is 0 Å². The molecule has 1 atom stereocenters. The molecule has 0 aliphatic heterocycles. The first-order chi connectivity index (χ1) is 13.7. The number of hydrogen-bond donors (Lipinski definition) is 0. The number of hydrogen-bond acceptors (Lipinski definition) is 0. The molecule has 0 spiro atoms. The normalized spacial score (nSPS) is 29.5. The first-order valence-electron chi connectivity index (χ1n) is 12.8. The minimum absolute atomic E-state index is 0.830. The van der Waals surface area contributed by atoms with Gasteiger partial charge in [0.2, 0.25) is 0 Å². The molecule has 3 rings (SSSR count). The summed E-state index contributed by atoms with van der Waals surface area (Å²) in [6.45, 7) is 7.19. The summed E-state index contributed by atoms with van der Waals surface area (Å²) in [6, 6.07) is 9.61. The van der Waals surface area contributed by atoms with Crippen LogP contribution >= 0.6 is 0 Å². The molecule has 0 N–H and O–H groups in total. The van der Waals surface area contributed by atoms with Crippen LogP contribution in [0.4, 0.5) is 0 Å². The number of benzene rings is 1. The Morgan fingerprint density at radius 3 is 2.04 bits per heavy atom. The lowest BCUT2D eigenvalue weighted by molar-refractivity contribution is 0.169. The summed E-state index contributed by atoms with van der Waals surface area (Å²) in [5, 5.41) is 0. The highest BCUT2D eigenvalue weighted by atomic mass is 14.3. The maximum Gasteiger partial charge on any atom is -0.0162 e. The monoisotopic (exact) mass is 382 g/mol. The summed E-state index contributed by atoms with van der Waals surface area (Å²) in [5.41, 5.74) is 3.12. The first kappa shape index (κ1) is 21.9. The van der Waals surface area contributed by atoms with Crippen LogP contribution in [0.15, 0.2) is 24.3 Å². The molecule has 2 aliphatic rings. The van der Waals surface area contributed by atoms with E-state index < -0.39 is 0 Å². The quantitative estimate of drug-likeness (QED) is 0.400. The van der Waals surface area contributed by atoms with Crippen LogP contribution in [-0.4, -0.2) is 0 Å². The van der Waals surface area contributed by atoms with E-state index in [-0.39, 0.29) is 0 Å². The first-order valence-corrected chi connectivity index (χ1v) is 12.8. The lowest BCUT2D eigenvalue weighted by Crippen LogP contribution is -2.23. The molecule has 0 heteroatoms. The fourth-order valence-electron chi connectivity index (χ4n) is 6.23. The van der Waals surface area contributed by atoms with E-state index in [0.29, 0.717) is 0 Å². The van der Waals surface area contributed by atoms with Crippen molar-refractivity contribution in [1.29, 1.82) is 0 Å². The van der Waals surface area contributed by atoms with Gasteiger partial charge >= 0.3 is 0 Å². The lowest BCUT2D eigenvalue weighted by atomic mass is 9.70. The standard InChI is InChI=1S/C28H46/c1-4-6-8-24-9-15-26(16-10-24)22(3)21-25-13-19-28(20-14-25)27-17-11-23(7-5-2)12-18-27/h11-12,17-18,22,24-26,28H,4-10,13-16,19-21H2,1-3H3. The molecule has 0 radical (unpaired) electrons. The molecule has 0 heterocycles. The van der Waals surface area contributed by atoms with Crippen LogP contribution in [0.1, 0.15) is 121 Å². The summed E-state index contributed by atoms with van der Waals surface area (Å²) < 4.78 is 0. The van der Waals surface area contributed by atoms with E-state index in [1.165, 1.54) is 95.5 Å². The van der Waals surface area contributed by atoms with E-state index in [9.17, 15) is 0 Å². The molecule has 0 bridgehead atoms. The highest BCUT2D eigenvalue weighted by molar-refractivity contribution is 5.25. The van der Waals surface area contributed by atoms with Crippen molar-refractivity contribution >= 4 is 0 Å². The Morgan fingerprint density at radius 1 is 0.786 bits per heavy atom. The Morgan fingerprint density at radius 2 is 1.43 bits per heavy atom. The van der Waals surface area contributed by atoms with E-state index in [2.05, 4.69) is 45.0 Å². The van der Waals surface area contributed by atoms with E-state index in [0.717, 1.165) is 29.6 Å². The third-order valence-electron chi connectivity index (χ3n) is 8.20. The zero-order valence-electron chi connectivity index (χ0n) is 19.1. The predicted octanol–water partition coefficient (Wildman–Crippen LogP) is 8.94. The van der Waals surface area contributed by atoms with Crippen LogP contribution in [0.5, 0.6) is 0 Å². The molecule has 158 valence electrons. The minimum Gasteiger partial charge on any atom is -0.0654 e. The van der Waals surface area contributed by atoms with Crippen molar-refractivity contribution < 1.29 is 0 Å². The van der Waals surface area contributed by atoms with Gasteiger partial charge in [-0.3, -0.25) is 0 Å². The number of unbranched alkanes of at least 4 members (excludes halogenated alkanes) is 1. The molecule has 0 amide bonds. The second-order valence-corrected chi connectivity index (χ2v) is 10.3. The molecule has 2 saturated carbocycles. The van der Waals surface area contributed by atoms with Gasteiger partial charge < -0.3 is 0 Å². The van der Waals surface area contributed by atoms with E-state index in [1.54, 1.807) is 5.56 Å². The van der Waals surface area contributed by atoms with E-state index in [1.807, 2.05) is 0 Å². The maximum atomic E-state index is 2.58.